The van der Waals surface area contributed by atoms with Crippen molar-refractivity contribution in [3.8, 4) is 0 Å². The molecule has 0 aliphatic rings. The lowest BCUT2D eigenvalue weighted by molar-refractivity contribution is 0.0698. The van der Waals surface area contributed by atoms with Crippen molar-refractivity contribution in [1.29, 1.82) is 0 Å². The lowest BCUT2D eigenvalue weighted by Gasteiger charge is -2.12. The highest BCUT2D eigenvalue weighted by Gasteiger charge is 2.20. The second-order valence-corrected chi connectivity index (χ2v) is 6.63. The molecule has 0 amide bonds. The summed E-state index contributed by atoms with van der Waals surface area (Å²) in [6.45, 7) is 1.88. The van der Waals surface area contributed by atoms with E-state index in [1.807, 2.05) is 6.92 Å². The van der Waals surface area contributed by atoms with Gasteiger partial charge in [-0.05, 0) is 36.2 Å². The summed E-state index contributed by atoms with van der Waals surface area (Å²) in [7, 11) is -3.96. The first-order valence-corrected chi connectivity index (χ1v) is 8.35. The van der Waals surface area contributed by atoms with E-state index < -0.39 is 16.0 Å². The highest BCUT2D eigenvalue weighted by atomic mass is 35.5. The minimum atomic E-state index is -3.96. The van der Waals surface area contributed by atoms with Gasteiger partial charge in [0.15, 0.2) is 0 Å². The molecule has 22 heavy (non-hydrogen) atoms. The molecular weight excluding hydrogens is 326 g/mol. The fraction of sp³-hybridized carbons (Fsp3) is 0.133. The van der Waals surface area contributed by atoms with E-state index in [1.165, 1.54) is 24.3 Å². The number of carboxylic acids is 1. The molecule has 2 rings (SSSR count). The van der Waals surface area contributed by atoms with E-state index in [9.17, 15) is 18.3 Å². The van der Waals surface area contributed by atoms with E-state index >= 15 is 0 Å². The van der Waals surface area contributed by atoms with Gasteiger partial charge in [-0.25, -0.2) is 13.2 Å². The molecule has 0 atom stereocenters. The van der Waals surface area contributed by atoms with Crippen molar-refractivity contribution in [2.75, 3.05) is 4.72 Å². The van der Waals surface area contributed by atoms with Crippen molar-refractivity contribution in [3.05, 3.63) is 58.6 Å². The molecule has 0 heterocycles. The molecule has 0 aliphatic carbocycles. The van der Waals surface area contributed by atoms with Gasteiger partial charge >= 0.3 is 5.97 Å². The highest BCUT2D eigenvalue weighted by molar-refractivity contribution is 7.92. The quantitative estimate of drug-likeness (QED) is 0.874. The standard InChI is InChI=1S/C15H14ClNO4S/c1-2-10-7-8-13(11(9-10)15(18)19)17-22(20,21)14-6-4-3-5-12(14)16/h3-9,17H,2H2,1H3,(H,18,19). The summed E-state index contributed by atoms with van der Waals surface area (Å²) in [4.78, 5) is 11.2. The molecule has 0 aliphatic heterocycles. The highest BCUT2D eigenvalue weighted by Crippen LogP contribution is 2.25. The first kappa shape index (κ1) is 16.3. The van der Waals surface area contributed by atoms with E-state index in [-0.39, 0.29) is 21.2 Å². The molecule has 5 nitrogen and oxygen atoms in total. The van der Waals surface area contributed by atoms with Gasteiger partial charge in [-0.3, -0.25) is 4.72 Å². The van der Waals surface area contributed by atoms with Crippen LogP contribution in [-0.4, -0.2) is 19.5 Å². The lowest BCUT2D eigenvalue weighted by Crippen LogP contribution is -2.16. The van der Waals surface area contributed by atoms with Crippen LogP contribution < -0.4 is 4.72 Å². The van der Waals surface area contributed by atoms with Crippen LogP contribution in [0.25, 0.3) is 0 Å². The third-order valence-electron chi connectivity index (χ3n) is 3.09. The molecule has 2 aromatic rings. The van der Waals surface area contributed by atoms with Crippen LogP contribution in [0.4, 0.5) is 5.69 Å². The van der Waals surface area contributed by atoms with Crippen molar-refractivity contribution >= 4 is 33.3 Å². The summed E-state index contributed by atoms with van der Waals surface area (Å²) in [6.07, 6.45) is 0.651. The maximum absolute atomic E-state index is 12.4. The molecule has 2 N–H and O–H groups in total. The second kappa shape index (κ2) is 6.37. The molecule has 0 radical (unpaired) electrons. The monoisotopic (exact) mass is 339 g/mol. The number of rotatable bonds is 5. The zero-order chi connectivity index (χ0) is 16.3. The Hall–Kier alpha value is -2.05. The molecule has 7 heteroatoms. The number of anilines is 1. The van der Waals surface area contributed by atoms with Crippen LogP contribution in [0.3, 0.4) is 0 Å². The van der Waals surface area contributed by atoms with Crippen LogP contribution in [0.2, 0.25) is 5.02 Å². The van der Waals surface area contributed by atoms with Crippen molar-refractivity contribution in [2.45, 2.75) is 18.2 Å². The Morgan fingerprint density at radius 2 is 1.91 bits per heavy atom. The van der Waals surface area contributed by atoms with Crippen molar-refractivity contribution in [2.24, 2.45) is 0 Å². The van der Waals surface area contributed by atoms with Gasteiger partial charge < -0.3 is 5.11 Å². The van der Waals surface area contributed by atoms with E-state index in [1.54, 1.807) is 18.2 Å². The molecule has 0 bridgehead atoms. The summed E-state index contributed by atoms with van der Waals surface area (Å²) >= 11 is 5.89. The summed E-state index contributed by atoms with van der Waals surface area (Å²) in [6, 6.07) is 10.5. The van der Waals surface area contributed by atoms with Crippen LogP contribution in [0.1, 0.15) is 22.8 Å². The fourth-order valence-electron chi connectivity index (χ4n) is 1.94. The second-order valence-electron chi connectivity index (χ2n) is 4.57. The average Bonchev–Trinajstić information content (AvgIpc) is 2.47. The molecule has 0 spiro atoms. The number of carbonyl (C=O) groups is 1. The number of aromatic carboxylic acids is 1. The van der Waals surface area contributed by atoms with Gasteiger partial charge in [-0.15, -0.1) is 0 Å². The Morgan fingerprint density at radius 3 is 2.50 bits per heavy atom. The van der Waals surface area contributed by atoms with Gasteiger partial charge in [0, 0.05) is 0 Å². The number of nitrogens with one attached hydrogen (secondary N) is 1. The smallest absolute Gasteiger partial charge is 0.337 e. The molecule has 0 unspecified atom stereocenters. The minimum absolute atomic E-state index is 0.00428. The van der Waals surface area contributed by atoms with Crippen LogP contribution >= 0.6 is 11.6 Å². The van der Waals surface area contributed by atoms with Gasteiger partial charge in [0.1, 0.15) is 4.90 Å². The number of carboxylic acid groups (broad SMARTS) is 1. The molecule has 0 fully saturated rings. The first-order valence-electron chi connectivity index (χ1n) is 6.48. The van der Waals surface area contributed by atoms with Crippen LogP contribution in [0, 0.1) is 0 Å². The van der Waals surface area contributed by atoms with Gasteiger partial charge in [0.25, 0.3) is 10.0 Å². The number of halogens is 1. The van der Waals surface area contributed by atoms with E-state index in [0.717, 1.165) is 5.56 Å². The third kappa shape index (κ3) is 3.40. The number of aryl methyl sites for hydroxylation is 1. The maximum Gasteiger partial charge on any atom is 0.337 e. The summed E-state index contributed by atoms with van der Waals surface area (Å²) in [5.74, 6) is -1.20. The summed E-state index contributed by atoms with van der Waals surface area (Å²) < 4.78 is 27.0. The molecule has 2 aromatic carbocycles. The van der Waals surface area contributed by atoms with Gasteiger partial charge in [0.2, 0.25) is 0 Å². The molecule has 0 aromatic heterocycles. The molecular formula is C15H14ClNO4S. The lowest BCUT2D eigenvalue weighted by atomic mass is 10.1. The van der Waals surface area contributed by atoms with Crippen LogP contribution in [-0.2, 0) is 16.4 Å². The van der Waals surface area contributed by atoms with Gasteiger partial charge in [-0.1, -0.05) is 36.7 Å². The van der Waals surface area contributed by atoms with Crippen LogP contribution in [0.15, 0.2) is 47.4 Å². The SMILES string of the molecule is CCc1ccc(NS(=O)(=O)c2ccccc2Cl)c(C(=O)O)c1. The Bertz CT molecular complexity index is 818. The Labute approximate surface area is 133 Å². The maximum atomic E-state index is 12.4. The number of sulfonamides is 1. The zero-order valence-electron chi connectivity index (χ0n) is 11.7. The zero-order valence-corrected chi connectivity index (χ0v) is 13.3. The van der Waals surface area contributed by atoms with Gasteiger partial charge in [0.05, 0.1) is 16.3 Å². The Balaban J connectivity index is 2.46. The number of hydrogen-bond donors (Lipinski definition) is 2. The van der Waals surface area contributed by atoms with E-state index in [2.05, 4.69) is 4.72 Å². The van der Waals surface area contributed by atoms with E-state index in [4.69, 9.17) is 11.6 Å². The van der Waals surface area contributed by atoms with Crippen LogP contribution in [0.5, 0.6) is 0 Å². The Kier molecular flexibility index (Phi) is 4.73. The number of hydrogen-bond acceptors (Lipinski definition) is 3. The normalized spacial score (nSPS) is 11.2. The fourth-order valence-corrected chi connectivity index (χ4v) is 3.54. The summed E-state index contributed by atoms with van der Waals surface area (Å²) in [5, 5.41) is 9.31. The molecule has 116 valence electrons. The Morgan fingerprint density at radius 1 is 1.23 bits per heavy atom. The average molecular weight is 340 g/mol. The molecule has 0 saturated carbocycles. The third-order valence-corrected chi connectivity index (χ3v) is 4.96. The van der Waals surface area contributed by atoms with Crippen molar-refractivity contribution < 1.29 is 18.3 Å². The largest absolute Gasteiger partial charge is 0.478 e. The minimum Gasteiger partial charge on any atom is -0.478 e. The van der Waals surface area contributed by atoms with Crippen molar-refractivity contribution in [1.82, 2.24) is 0 Å². The predicted octanol–water partition coefficient (Wildman–Crippen LogP) is 3.40. The molecule has 0 saturated heterocycles. The number of benzene rings is 2. The van der Waals surface area contributed by atoms with E-state index in [0.29, 0.717) is 6.42 Å². The van der Waals surface area contributed by atoms with Crippen molar-refractivity contribution in [3.63, 3.8) is 0 Å². The van der Waals surface area contributed by atoms with Gasteiger partial charge in [-0.2, -0.15) is 0 Å². The predicted molar refractivity (Wildman–Crippen MR) is 85.0 cm³/mol. The first-order chi connectivity index (χ1) is 10.3. The summed E-state index contributed by atoms with van der Waals surface area (Å²) in [5.41, 5.74) is 0.706. The topological polar surface area (TPSA) is 83.5 Å².